The van der Waals surface area contributed by atoms with E-state index in [0.717, 1.165) is 5.56 Å². The number of rotatable bonds is 4. The molecule has 2 rings (SSSR count). The minimum atomic E-state index is 0.311. The maximum absolute atomic E-state index is 5.78. The number of benzene rings is 1. The fourth-order valence-corrected chi connectivity index (χ4v) is 1.37. The topological polar surface area (TPSA) is 70.3 Å². The zero-order chi connectivity index (χ0) is 12.1. The SMILES string of the molecule is COc1ncnc(OCc2ccccc2)c1N. The van der Waals surface area contributed by atoms with E-state index in [1.165, 1.54) is 13.4 Å². The molecular weight excluding hydrogens is 218 g/mol. The Bertz CT molecular complexity index is 488. The van der Waals surface area contributed by atoms with E-state index < -0.39 is 0 Å². The first kappa shape index (κ1) is 11.2. The first-order chi connectivity index (χ1) is 8.31. The molecule has 0 atom stereocenters. The van der Waals surface area contributed by atoms with Crippen LogP contribution in [0.1, 0.15) is 5.56 Å². The van der Waals surface area contributed by atoms with Crippen LogP contribution in [0.4, 0.5) is 5.69 Å². The van der Waals surface area contributed by atoms with Crippen molar-refractivity contribution in [3.8, 4) is 11.8 Å². The zero-order valence-electron chi connectivity index (χ0n) is 9.46. The maximum atomic E-state index is 5.78. The van der Waals surface area contributed by atoms with Gasteiger partial charge in [0.05, 0.1) is 7.11 Å². The normalized spacial score (nSPS) is 9.94. The van der Waals surface area contributed by atoms with Gasteiger partial charge in [-0.1, -0.05) is 30.3 Å². The molecule has 0 aliphatic heterocycles. The summed E-state index contributed by atoms with van der Waals surface area (Å²) in [6, 6.07) is 9.78. The molecule has 0 aliphatic carbocycles. The lowest BCUT2D eigenvalue weighted by molar-refractivity contribution is 0.292. The Kier molecular flexibility index (Phi) is 3.40. The molecular formula is C12H13N3O2. The summed E-state index contributed by atoms with van der Waals surface area (Å²) in [5.74, 6) is 0.656. The fraction of sp³-hybridized carbons (Fsp3) is 0.167. The van der Waals surface area contributed by atoms with Crippen molar-refractivity contribution in [2.45, 2.75) is 6.61 Å². The van der Waals surface area contributed by atoms with Crippen molar-refractivity contribution in [1.82, 2.24) is 9.97 Å². The van der Waals surface area contributed by atoms with Crippen molar-refractivity contribution in [1.29, 1.82) is 0 Å². The van der Waals surface area contributed by atoms with Crippen molar-refractivity contribution in [3.63, 3.8) is 0 Å². The average molecular weight is 231 g/mol. The summed E-state index contributed by atoms with van der Waals surface area (Å²) in [6.07, 6.45) is 1.36. The number of anilines is 1. The molecule has 5 nitrogen and oxygen atoms in total. The fourth-order valence-electron chi connectivity index (χ4n) is 1.37. The first-order valence-electron chi connectivity index (χ1n) is 5.12. The van der Waals surface area contributed by atoms with E-state index in [1.54, 1.807) is 0 Å². The number of nitrogen functional groups attached to an aromatic ring is 1. The summed E-state index contributed by atoms with van der Waals surface area (Å²) in [5, 5.41) is 0. The van der Waals surface area contributed by atoms with Crippen molar-refractivity contribution in [2.75, 3.05) is 12.8 Å². The second kappa shape index (κ2) is 5.16. The third-order valence-corrected chi connectivity index (χ3v) is 2.22. The van der Waals surface area contributed by atoms with Crippen LogP contribution in [0, 0.1) is 0 Å². The van der Waals surface area contributed by atoms with Gasteiger partial charge in [0.1, 0.15) is 12.9 Å². The summed E-state index contributed by atoms with van der Waals surface area (Å²) in [5.41, 5.74) is 7.14. The zero-order valence-corrected chi connectivity index (χ0v) is 9.46. The summed E-state index contributed by atoms with van der Waals surface area (Å²) < 4.78 is 10.5. The predicted octanol–water partition coefficient (Wildman–Crippen LogP) is 1.65. The van der Waals surface area contributed by atoms with Gasteiger partial charge in [-0.2, -0.15) is 9.97 Å². The van der Waals surface area contributed by atoms with Crippen LogP contribution in [0.25, 0.3) is 0 Å². The van der Waals surface area contributed by atoms with E-state index in [-0.39, 0.29) is 0 Å². The van der Waals surface area contributed by atoms with E-state index >= 15 is 0 Å². The Morgan fingerprint density at radius 2 is 1.82 bits per heavy atom. The van der Waals surface area contributed by atoms with Gasteiger partial charge in [0.25, 0.3) is 0 Å². The highest BCUT2D eigenvalue weighted by Gasteiger charge is 2.09. The minimum Gasteiger partial charge on any atom is -0.479 e. The molecule has 88 valence electrons. The largest absolute Gasteiger partial charge is 0.479 e. The average Bonchev–Trinajstić information content (AvgIpc) is 2.39. The molecule has 0 fully saturated rings. The first-order valence-corrected chi connectivity index (χ1v) is 5.12. The van der Waals surface area contributed by atoms with Crippen molar-refractivity contribution < 1.29 is 9.47 Å². The lowest BCUT2D eigenvalue weighted by Crippen LogP contribution is -2.03. The smallest absolute Gasteiger partial charge is 0.244 e. The molecule has 0 radical (unpaired) electrons. The summed E-state index contributed by atoms with van der Waals surface area (Å²) in [4.78, 5) is 7.84. The summed E-state index contributed by atoms with van der Waals surface area (Å²) >= 11 is 0. The highest BCUT2D eigenvalue weighted by Crippen LogP contribution is 2.26. The molecule has 1 aromatic heterocycles. The number of nitrogens with two attached hydrogens (primary N) is 1. The van der Waals surface area contributed by atoms with Crippen LogP contribution in [0.2, 0.25) is 0 Å². The molecule has 5 heteroatoms. The Morgan fingerprint density at radius 1 is 1.12 bits per heavy atom. The summed E-state index contributed by atoms with van der Waals surface area (Å²) in [7, 11) is 1.50. The van der Waals surface area contributed by atoms with Crippen LogP contribution in [-0.2, 0) is 6.61 Å². The number of hydrogen-bond donors (Lipinski definition) is 1. The minimum absolute atomic E-state index is 0.311. The Labute approximate surface area is 99.2 Å². The van der Waals surface area contributed by atoms with Gasteiger partial charge in [-0.15, -0.1) is 0 Å². The molecule has 0 aliphatic rings. The van der Waals surface area contributed by atoms with Crippen LogP contribution in [0.15, 0.2) is 36.7 Å². The Hall–Kier alpha value is -2.30. The molecule has 1 aromatic carbocycles. The molecule has 2 aromatic rings. The van der Waals surface area contributed by atoms with Crippen molar-refractivity contribution in [2.24, 2.45) is 0 Å². The number of methoxy groups -OCH3 is 1. The van der Waals surface area contributed by atoms with Gasteiger partial charge in [0, 0.05) is 0 Å². The van der Waals surface area contributed by atoms with E-state index in [4.69, 9.17) is 15.2 Å². The van der Waals surface area contributed by atoms with Gasteiger partial charge in [0.2, 0.25) is 11.8 Å². The lowest BCUT2D eigenvalue weighted by Gasteiger charge is -2.09. The molecule has 0 spiro atoms. The molecule has 17 heavy (non-hydrogen) atoms. The molecule has 0 saturated heterocycles. The summed E-state index contributed by atoms with van der Waals surface area (Å²) in [6.45, 7) is 0.408. The van der Waals surface area contributed by atoms with Gasteiger partial charge in [-0.25, -0.2) is 0 Å². The quantitative estimate of drug-likeness (QED) is 0.866. The monoisotopic (exact) mass is 231 g/mol. The molecule has 0 bridgehead atoms. The van der Waals surface area contributed by atoms with Crippen LogP contribution in [-0.4, -0.2) is 17.1 Å². The third kappa shape index (κ3) is 2.63. The van der Waals surface area contributed by atoms with Gasteiger partial charge in [-0.05, 0) is 5.56 Å². The lowest BCUT2D eigenvalue weighted by atomic mass is 10.2. The molecule has 0 saturated carbocycles. The second-order valence-electron chi connectivity index (χ2n) is 3.38. The standard InChI is InChI=1S/C12H13N3O2/c1-16-11-10(13)12(15-8-14-11)17-7-9-5-3-2-4-6-9/h2-6,8H,7,13H2,1H3. The van der Waals surface area contributed by atoms with E-state index in [9.17, 15) is 0 Å². The Balaban J connectivity index is 2.09. The number of nitrogens with zero attached hydrogens (tertiary/aromatic N) is 2. The third-order valence-electron chi connectivity index (χ3n) is 2.22. The second-order valence-corrected chi connectivity index (χ2v) is 3.38. The van der Waals surface area contributed by atoms with Gasteiger partial charge >= 0.3 is 0 Å². The molecule has 1 heterocycles. The van der Waals surface area contributed by atoms with Crippen LogP contribution in [0.3, 0.4) is 0 Å². The number of aromatic nitrogens is 2. The van der Waals surface area contributed by atoms with Crippen molar-refractivity contribution in [3.05, 3.63) is 42.2 Å². The van der Waals surface area contributed by atoms with Gasteiger partial charge < -0.3 is 15.2 Å². The van der Waals surface area contributed by atoms with Crippen molar-refractivity contribution >= 4 is 5.69 Å². The van der Waals surface area contributed by atoms with Gasteiger partial charge in [-0.3, -0.25) is 0 Å². The maximum Gasteiger partial charge on any atom is 0.244 e. The number of hydrogen-bond acceptors (Lipinski definition) is 5. The van der Waals surface area contributed by atoms with Crippen LogP contribution >= 0.6 is 0 Å². The highest BCUT2D eigenvalue weighted by atomic mass is 16.5. The highest BCUT2D eigenvalue weighted by molar-refractivity contribution is 5.55. The molecule has 0 amide bonds. The van der Waals surface area contributed by atoms with E-state index in [2.05, 4.69) is 9.97 Å². The Morgan fingerprint density at radius 3 is 2.53 bits per heavy atom. The molecule has 2 N–H and O–H groups in total. The predicted molar refractivity (Wildman–Crippen MR) is 63.8 cm³/mol. The van der Waals surface area contributed by atoms with Crippen LogP contribution in [0.5, 0.6) is 11.8 Å². The van der Waals surface area contributed by atoms with Gasteiger partial charge in [0.15, 0.2) is 5.69 Å². The van der Waals surface area contributed by atoms with Crippen LogP contribution < -0.4 is 15.2 Å². The van der Waals surface area contributed by atoms with E-state index in [0.29, 0.717) is 24.1 Å². The molecule has 0 unspecified atom stereocenters. The van der Waals surface area contributed by atoms with E-state index in [1.807, 2.05) is 30.3 Å². The number of ether oxygens (including phenoxy) is 2.